The number of amides is 2. The molecule has 0 radical (unpaired) electrons. The predicted octanol–water partition coefficient (Wildman–Crippen LogP) is 6.83. The normalized spacial score (nSPS) is 14.7. The number of hydrogen-bond acceptors (Lipinski definition) is 4. The molecule has 6 heteroatoms. The van der Waals surface area contributed by atoms with Gasteiger partial charge in [0.1, 0.15) is 6.54 Å². The average Bonchev–Trinajstić information content (AvgIpc) is 3.44. The number of thiophene rings is 1. The minimum Gasteiger partial charge on any atom is -0.382 e. The summed E-state index contributed by atoms with van der Waals surface area (Å²) in [6, 6.07) is 18.4. The molecule has 0 fully saturated rings. The number of ether oxygens (including phenoxy) is 1. The second kappa shape index (κ2) is 14.4. The highest BCUT2D eigenvalue weighted by Gasteiger charge is 2.34. The second-order valence-electron chi connectivity index (χ2n) is 10.4. The van der Waals surface area contributed by atoms with Crippen LogP contribution in [0.4, 0.5) is 0 Å². The van der Waals surface area contributed by atoms with Gasteiger partial charge in [-0.05, 0) is 79.8 Å². The van der Waals surface area contributed by atoms with Crippen molar-refractivity contribution in [1.82, 2.24) is 9.80 Å². The summed E-state index contributed by atoms with van der Waals surface area (Å²) >= 11 is 1.76. The van der Waals surface area contributed by atoms with Gasteiger partial charge in [0.05, 0.1) is 6.04 Å². The standard InChI is InChI=1S/C33H42N2O3S/c1-4-6-7-9-26-12-16-28(17-13-26)33(37)34(20-8-22-38-5-2)24-31(36)35-21-18-30-29(19-23-39-30)32(35)27-14-10-25(3)11-15-27/h10-17,19,23,32H,4-9,18,20-22,24H2,1-3H3/t32-/m0/s1. The Bertz CT molecular complexity index is 1200. The molecule has 0 unspecified atom stereocenters. The van der Waals surface area contributed by atoms with Crippen LogP contribution < -0.4 is 0 Å². The van der Waals surface area contributed by atoms with Crippen LogP contribution in [-0.4, -0.2) is 54.5 Å². The van der Waals surface area contributed by atoms with Gasteiger partial charge >= 0.3 is 0 Å². The van der Waals surface area contributed by atoms with Crippen molar-refractivity contribution in [2.75, 3.05) is 32.8 Å². The zero-order valence-corrected chi connectivity index (χ0v) is 24.5. The van der Waals surface area contributed by atoms with Crippen molar-refractivity contribution in [2.45, 2.75) is 65.3 Å². The predicted molar refractivity (Wildman–Crippen MR) is 159 cm³/mol. The first-order valence-corrected chi connectivity index (χ1v) is 15.3. The number of benzene rings is 2. The third-order valence-corrected chi connectivity index (χ3v) is 8.48. The SMILES string of the molecule is CCCCCc1ccc(C(=O)N(CCCOCC)CC(=O)N2CCc3sccc3[C@@H]2c2ccc(C)cc2)cc1. The van der Waals surface area contributed by atoms with Crippen LogP contribution >= 0.6 is 11.3 Å². The lowest BCUT2D eigenvalue weighted by Gasteiger charge is -2.37. The molecule has 0 aliphatic carbocycles. The Hall–Kier alpha value is -2.96. The quantitative estimate of drug-likeness (QED) is 0.221. The smallest absolute Gasteiger partial charge is 0.254 e. The van der Waals surface area contributed by atoms with E-state index >= 15 is 0 Å². The van der Waals surface area contributed by atoms with Crippen LogP contribution in [-0.2, 0) is 22.4 Å². The first-order chi connectivity index (χ1) is 19.0. The van der Waals surface area contributed by atoms with Gasteiger partial charge in [0.2, 0.25) is 5.91 Å². The minimum atomic E-state index is -0.129. The largest absolute Gasteiger partial charge is 0.382 e. The number of unbranched alkanes of at least 4 members (excludes halogenated alkanes) is 2. The third kappa shape index (κ3) is 7.58. The van der Waals surface area contributed by atoms with Gasteiger partial charge in [-0.1, -0.05) is 61.7 Å². The molecule has 208 valence electrons. The number of rotatable bonds is 13. The molecule has 2 heterocycles. The molecule has 0 saturated heterocycles. The van der Waals surface area contributed by atoms with E-state index < -0.39 is 0 Å². The van der Waals surface area contributed by atoms with Gasteiger partial charge in [0.25, 0.3) is 5.91 Å². The number of nitrogens with zero attached hydrogens (tertiary/aromatic N) is 2. The highest BCUT2D eigenvalue weighted by molar-refractivity contribution is 7.10. The summed E-state index contributed by atoms with van der Waals surface area (Å²) < 4.78 is 5.54. The molecule has 4 rings (SSSR count). The number of aryl methyl sites for hydroxylation is 2. The van der Waals surface area contributed by atoms with Crippen molar-refractivity contribution in [3.63, 3.8) is 0 Å². The van der Waals surface area contributed by atoms with E-state index in [1.54, 1.807) is 16.2 Å². The van der Waals surface area contributed by atoms with E-state index in [1.807, 2.05) is 24.0 Å². The molecule has 39 heavy (non-hydrogen) atoms. The summed E-state index contributed by atoms with van der Waals surface area (Å²) in [6.45, 7) is 8.65. The Labute approximate surface area is 237 Å². The van der Waals surface area contributed by atoms with E-state index in [9.17, 15) is 9.59 Å². The van der Waals surface area contributed by atoms with Crippen LogP contribution in [0.25, 0.3) is 0 Å². The van der Waals surface area contributed by atoms with Crippen LogP contribution in [0.3, 0.4) is 0 Å². The maximum absolute atomic E-state index is 13.9. The van der Waals surface area contributed by atoms with E-state index in [1.165, 1.54) is 34.4 Å². The average molecular weight is 547 g/mol. The number of fused-ring (bicyclic) bond motifs is 1. The Morgan fingerprint density at radius 1 is 1.00 bits per heavy atom. The number of carbonyl (C=O) groups excluding carboxylic acids is 2. The molecule has 0 N–H and O–H groups in total. The fraction of sp³-hybridized carbons (Fsp3) is 0.455. The van der Waals surface area contributed by atoms with Crippen molar-refractivity contribution >= 4 is 23.2 Å². The fourth-order valence-corrected chi connectivity index (χ4v) is 6.18. The Morgan fingerprint density at radius 3 is 2.49 bits per heavy atom. The van der Waals surface area contributed by atoms with E-state index in [-0.39, 0.29) is 24.4 Å². The van der Waals surface area contributed by atoms with Crippen molar-refractivity contribution in [3.8, 4) is 0 Å². The topological polar surface area (TPSA) is 49.9 Å². The van der Waals surface area contributed by atoms with Crippen LogP contribution in [0.1, 0.15) is 83.1 Å². The van der Waals surface area contributed by atoms with Crippen molar-refractivity contribution in [3.05, 3.63) is 92.7 Å². The zero-order valence-electron chi connectivity index (χ0n) is 23.7. The molecule has 2 amide bonds. The highest BCUT2D eigenvalue weighted by Crippen LogP contribution is 2.38. The van der Waals surface area contributed by atoms with Crippen LogP contribution in [0.2, 0.25) is 0 Å². The molecule has 3 aromatic rings. The lowest BCUT2D eigenvalue weighted by Crippen LogP contribution is -2.47. The summed E-state index contributed by atoms with van der Waals surface area (Å²) in [5, 5.41) is 2.12. The molecule has 1 atom stereocenters. The molecular weight excluding hydrogens is 504 g/mol. The van der Waals surface area contributed by atoms with E-state index in [0.29, 0.717) is 38.3 Å². The van der Waals surface area contributed by atoms with Crippen molar-refractivity contribution in [2.24, 2.45) is 0 Å². The minimum absolute atomic E-state index is 0.0154. The van der Waals surface area contributed by atoms with Crippen LogP contribution in [0.5, 0.6) is 0 Å². The highest BCUT2D eigenvalue weighted by atomic mass is 32.1. The van der Waals surface area contributed by atoms with Gasteiger partial charge < -0.3 is 14.5 Å². The van der Waals surface area contributed by atoms with Gasteiger partial charge in [0, 0.05) is 36.7 Å². The van der Waals surface area contributed by atoms with E-state index in [2.05, 4.69) is 61.7 Å². The summed E-state index contributed by atoms with van der Waals surface area (Å²) in [6.07, 6.45) is 6.13. The molecule has 0 bridgehead atoms. The maximum atomic E-state index is 13.9. The van der Waals surface area contributed by atoms with Gasteiger partial charge in [-0.25, -0.2) is 0 Å². The van der Waals surface area contributed by atoms with Crippen molar-refractivity contribution < 1.29 is 14.3 Å². The second-order valence-corrected chi connectivity index (χ2v) is 11.4. The van der Waals surface area contributed by atoms with Gasteiger partial charge in [-0.2, -0.15) is 0 Å². The zero-order chi connectivity index (χ0) is 27.6. The van der Waals surface area contributed by atoms with E-state index in [0.717, 1.165) is 24.8 Å². The maximum Gasteiger partial charge on any atom is 0.254 e. The molecular formula is C33H42N2O3S. The third-order valence-electron chi connectivity index (χ3n) is 7.48. The van der Waals surface area contributed by atoms with Crippen LogP contribution in [0, 0.1) is 6.92 Å². The van der Waals surface area contributed by atoms with E-state index in [4.69, 9.17) is 4.74 Å². The lowest BCUT2D eigenvalue weighted by atomic mass is 9.92. The number of hydrogen-bond donors (Lipinski definition) is 0. The van der Waals surface area contributed by atoms with Crippen molar-refractivity contribution in [1.29, 1.82) is 0 Å². The lowest BCUT2D eigenvalue weighted by molar-refractivity contribution is -0.134. The summed E-state index contributed by atoms with van der Waals surface area (Å²) in [5.41, 5.74) is 5.39. The van der Waals surface area contributed by atoms with Gasteiger partial charge in [0.15, 0.2) is 0 Å². The Kier molecular flexibility index (Phi) is 10.7. The molecule has 0 saturated carbocycles. The Balaban J connectivity index is 1.53. The first-order valence-electron chi connectivity index (χ1n) is 14.4. The summed E-state index contributed by atoms with van der Waals surface area (Å²) in [4.78, 5) is 32.6. The monoisotopic (exact) mass is 546 g/mol. The van der Waals surface area contributed by atoms with Gasteiger partial charge in [-0.3, -0.25) is 9.59 Å². The molecule has 5 nitrogen and oxygen atoms in total. The Morgan fingerprint density at radius 2 is 1.77 bits per heavy atom. The van der Waals surface area contributed by atoms with Gasteiger partial charge in [-0.15, -0.1) is 11.3 Å². The molecule has 1 aromatic heterocycles. The number of carbonyl (C=O) groups is 2. The first kappa shape index (κ1) is 29.0. The fourth-order valence-electron chi connectivity index (χ4n) is 5.28. The molecule has 0 spiro atoms. The molecule has 1 aliphatic heterocycles. The molecule has 1 aliphatic rings. The van der Waals surface area contributed by atoms with Crippen LogP contribution in [0.15, 0.2) is 60.0 Å². The summed E-state index contributed by atoms with van der Waals surface area (Å²) in [7, 11) is 0. The summed E-state index contributed by atoms with van der Waals surface area (Å²) in [5.74, 6) is -0.113. The molecule has 2 aromatic carbocycles.